The molecule has 0 aromatic heterocycles. The molecule has 0 aromatic carbocycles. The largest absolute Gasteiger partial charge is 0.406 e. The van der Waals surface area contributed by atoms with Crippen LogP contribution >= 0.6 is 0 Å². The van der Waals surface area contributed by atoms with Gasteiger partial charge in [-0.15, -0.1) is 11.0 Å². The Morgan fingerprint density at radius 2 is 2.13 bits per heavy atom. The zero-order chi connectivity index (χ0) is 17.3. The summed E-state index contributed by atoms with van der Waals surface area (Å²) in [5, 5.41) is 0. The highest BCUT2D eigenvalue weighted by molar-refractivity contribution is 7.90. The predicted octanol–water partition coefficient (Wildman–Crippen LogP) is 1.06. The Kier molecular flexibility index (Phi) is 4.64. The number of hydrogen-bond acceptors (Lipinski definition) is 4. The first-order valence-electron chi connectivity index (χ1n) is 6.57. The monoisotopic (exact) mass is 349 g/mol. The fraction of sp³-hybridized carbons (Fsp3) is 0.385. The fourth-order valence-corrected chi connectivity index (χ4v) is 3.07. The van der Waals surface area contributed by atoms with E-state index < -0.39 is 28.7 Å². The topological polar surface area (TPSA) is 70.1 Å². The summed E-state index contributed by atoms with van der Waals surface area (Å²) in [4.78, 5) is 14.3. The predicted molar refractivity (Wildman–Crippen MR) is 78.0 cm³/mol. The number of nitrogens with zero attached hydrogens (tertiary/aromatic N) is 3. The zero-order valence-corrected chi connectivity index (χ0v) is 12.8. The van der Waals surface area contributed by atoms with Crippen molar-refractivity contribution < 1.29 is 26.4 Å². The molecule has 23 heavy (non-hydrogen) atoms. The molecule has 0 unspecified atom stereocenters. The van der Waals surface area contributed by atoms with Crippen molar-refractivity contribution in [2.45, 2.75) is 6.18 Å². The maximum Gasteiger partial charge on any atom is 0.406 e. The number of sulfonamides is 1. The minimum atomic E-state index is -4.52. The number of amides is 1. The van der Waals surface area contributed by atoms with E-state index in [4.69, 9.17) is 0 Å². The SMILES string of the molecule is C=CCN(CC(F)(F)F)C(=O)C1=CN2CCS(=O)(=O)N=C2C=C1. The Hall–Kier alpha value is -2.10. The minimum Gasteiger partial charge on any atom is -0.330 e. The van der Waals surface area contributed by atoms with E-state index >= 15 is 0 Å². The number of fused-ring (bicyclic) bond motifs is 1. The number of alkyl halides is 3. The third kappa shape index (κ3) is 4.44. The van der Waals surface area contributed by atoms with Gasteiger partial charge in [-0.05, 0) is 12.2 Å². The highest BCUT2D eigenvalue weighted by atomic mass is 32.2. The van der Waals surface area contributed by atoms with Gasteiger partial charge in [0, 0.05) is 19.3 Å². The first-order chi connectivity index (χ1) is 10.6. The number of hydrogen-bond donors (Lipinski definition) is 0. The summed E-state index contributed by atoms with van der Waals surface area (Å²) in [6.45, 7) is 1.79. The van der Waals surface area contributed by atoms with Crippen molar-refractivity contribution in [2.24, 2.45) is 4.40 Å². The third-order valence-electron chi connectivity index (χ3n) is 3.08. The third-order valence-corrected chi connectivity index (χ3v) is 4.24. The van der Waals surface area contributed by atoms with Crippen LogP contribution in [-0.4, -0.2) is 61.5 Å². The molecule has 0 saturated heterocycles. The molecule has 6 nitrogen and oxygen atoms in total. The summed E-state index contributed by atoms with van der Waals surface area (Å²) in [6, 6.07) is 0. The van der Waals surface area contributed by atoms with Crippen LogP contribution in [0.5, 0.6) is 0 Å². The summed E-state index contributed by atoms with van der Waals surface area (Å²) >= 11 is 0. The van der Waals surface area contributed by atoms with E-state index in [2.05, 4.69) is 11.0 Å². The fourth-order valence-electron chi connectivity index (χ4n) is 2.10. The van der Waals surface area contributed by atoms with Gasteiger partial charge in [-0.1, -0.05) is 6.08 Å². The van der Waals surface area contributed by atoms with Crippen LogP contribution in [0.1, 0.15) is 0 Å². The van der Waals surface area contributed by atoms with Gasteiger partial charge >= 0.3 is 6.18 Å². The smallest absolute Gasteiger partial charge is 0.330 e. The lowest BCUT2D eigenvalue weighted by Gasteiger charge is -2.29. The maximum absolute atomic E-state index is 12.5. The molecule has 0 saturated carbocycles. The molecule has 2 rings (SSSR count). The molecule has 0 fully saturated rings. The van der Waals surface area contributed by atoms with Crippen molar-refractivity contribution in [1.29, 1.82) is 0 Å². The first kappa shape index (κ1) is 17.3. The van der Waals surface area contributed by atoms with Crippen LogP contribution in [0.3, 0.4) is 0 Å². The van der Waals surface area contributed by atoms with Crippen LogP contribution in [0.15, 0.2) is 41.0 Å². The van der Waals surface area contributed by atoms with E-state index in [0.29, 0.717) is 4.90 Å². The quantitative estimate of drug-likeness (QED) is 0.712. The number of carbonyl (C=O) groups is 1. The Labute approximate surface area is 131 Å². The zero-order valence-electron chi connectivity index (χ0n) is 12.0. The molecular formula is C13H14F3N3O3S. The molecule has 2 aliphatic heterocycles. The second-order valence-corrected chi connectivity index (χ2v) is 6.69. The van der Waals surface area contributed by atoms with Crippen molar-refractivity contribution in [3.8, 4) is 0 Å². The Morgan fingerprint density at radius 1 is 1.43 bits per heavy atom. The van der Waals surface area contributed by atoms with Gasteiger partial charge in [0.2, 0.25) is 0 Å². The van der Waals surface area contributed by atoms with Gasteiger partial charge in [0.1, 0.15) is 12.4 Å². The molecule has 1 amide bonds. The Bertz CT molecular complexity index is 708. The molecule has 0 aliphatic carbocycles. The second-order valence-electron chi connectivity index (χ2n) is 4.94. The van der Waals surface area contributed by atoms with Gasteiger partial charge in [0.15, 0.2) is 0 Å². The summed E-state index contributed by atoms with van der Waals surface area (Å²) in [5.74, 6) is -0.897. The molecule has 0 aromatic rings. The average Bonchev–Trinajstić information content (AvgIpc) is 2.43. The van der Waals surface area contributed by atoms with Gasteiger partial charge in [-0.2, -0.15) is 13.2 Å². The number of carbonyl (C=O) groups excluding carboxylic acids is 1. The van der Waals surface area contributed by atoms with Crippen molar-refractivity contribution in [3.05, 3.63) is 36.6 Å². The average molecular weight is 349 g/mol. The van der Waals surface area contributed by atoms with E-state index in [1.54, 1.807) is 0 Å². The van der Waals surface area contributed by atoms with E-state index in [1.165, 1.54) is 29.3 Å². The first-order valence-corrected chi connectivity index (χ1v) is 8.18. The molecule has 10 heteroatoms. The molecular weight excluding hydrogens is 335 g/mol. The molecule has 0 radical (unpaired) electrons. The molecule has 0 N–H and O–H groups in total. The van der Waals surface area contributed by atoms with Crippen LogP contribution < -0.4 is 0 Å². The molecule has 126 valence electrons. The lowest BCUT2D eigenvalue weighted by atomic mass is 10.1. The summed E-state index contributed by atoms with van der Waals surface area (Å²) in [6.07, 6.45) is 0.539. The van der Waals surface area contributed by atoms with Gasteiger partial charge in [0.25, 0.3) is 15.9 Å². The van der Waals surface area contributed by atoms with Gasteiger partial charge in [-0.25, -0.2) is 8.42 Å². The van der Waals surface area contributed by atoms with Crippen LogP contribution in [0.2, 0.25) is 0 Å². The summed E-state index contributed by atoms with van der Waals surface area (Å²) < 4.78 is 64.0. The molecule has 2 heterocycles. The standard InChI is InChI=1S/C13H14F3N3O3S/c1-2-5-19(9-13(14,15)16)12(20)10-3-4-11-17-23(21,22)7-6-18(11)8-10/h2-4,8H,1,5-7,9H2. The number of amidine groups is 1. The highest BCUT2D eigenvalue weighted by Crippen LogP contribution is 2.21. The van der Waals surface area contributed by atoms with E-state index in [0.717, 1.165) is 0 Å². The van der Waals surface area contributed by atoms with E-state index in [1.807, 2.05) is 0 Å². The van der Waals surface area contributed by atoms with Crippen LogP contribution in [-0.2, 0) is 14.8 Å². The molecule has 2 aliphatic rings. The van der Waals surface area contributed by atoms with Crippen molar-refractivity contribution in [2.75, 3.05) is 25.4 Å². The van der Waals surface area contributed by atoms with Gasteiger partial charge in [0.05, 0.1) is 11.3 Å². The van der Waals surface area contributed by atoms with Gasteiger partial charge < -0.3 is 9.80 Å². The summed E-state index contributed by atoms with van der Waals surface area (Å²) in [7, 11) is -3.53. The molecule has 0 atom stereocenters. The van der Waals surface area contributed by atoms with Crippen LogP contribution in [0, 0.1) is 0 Å². The molecule has 0 bridgehead atoms. The van der Waals surface area contributed by atoms with Crippen LogP contribution in [0.25, 0.3) is 0 Å². The minimum absolute atomic E-state index is 0.0225. The lowest BCUT2D eigenvalue weighted by molar-refractivity contribution is -0.157. The highest BCUT2D eigenvalue weighted by Gasteiger charge is 2.34. The van der Waals surface area contributed by atoms with Crippen molar-refractivity contribution >= 4 is 21.8 Å². The van der Waals surface area contributed by atoms with Gasteiger partial charge in [-0.3, -0.25) is 4.79 Å². The molecule has 0 spiro atoms. The second kappa shape index (κ2) is 6.19. The lowest BCUT2D eigenvalue weighted by Crippen LogP contribution is -2.42. The maximum atomic E-state index is 12.5. The number of rotatable bonds is 4. The summed E-state index contributed by atoms with van der Waals surface area (Å²) in [5.41, 5.74) is 0.0225. The van der Waals surface area contributed by atoms with E-state index in [-0.39, 0.29) is 30.3 Å². The normalized spacial score (nSPS) is 19.5. The van der Waals surface area contributed by atoms with Crippen molar-refractivity contribution in [1.82, 2.24) is 9.80 Å². The van der Waals surface area contributed by atoms with Crippen LogP contribution in [0.4, 0.5) is 13.2 Å². The Balaban J connectivity index is 2.22. The van der Waals surface area contributed by atoms with Crippen molar-refractivity contribution in [3.63, 3.8) is 0 Å². The van der Waals surface area contributed by atoms with E-state index in [9.17, 15) is 26.4 Å². The Morgan fingerprint density at radius 3 is 2.74 bits per heavy atom. The number of halogens is 3.